The summed E-state index contributed by atoms with van der Waals surface area (Å²) in [5, 5.41) is 7.46. The van der Waals surface area contributed by atoms with Crippen LogP contribution in [0.3, 0.4) is 0 Å². The predicted molar refractivity (Wildman–Crippen MR) is 68.2 cm³/mol. The summed E-state index contributed by atoms with van der Waals surface area (Å²) in [6.07, 6.45) is 3.76. The van der Waals surface area contributed by atoms with Crippen molar-refractivity contribution in [2.24, 2.45) is 5.92 Å². The molecule has 0 aliphatic carbocycles. The first-order valence-corrected chi connectivity index (χ1v) is 6.83. The highest BCUT2D eigenvalue weighted by Gasteiger charge is 2.34. The average Bonchev–Trinajstić information content (AvgIpc) is 3.05. The highest BCUT2D eigenvalue weighted by atomic mass is 16.5. The van der Waals surface area contributed by atoms with E-state index >= 15 is 0 Å². The Labute approximate surface area is 108 Å². The number of nitrogens with one attached hydrogen (secondary N) is 1. The van der Waals surface area contributed by atoms with Crippen LogP contribution >= 0.6 is 0 Å². The van der Waals surface area contributed by atoms with Crippen LogP contribution in [-0.2, 0) is 16.8 Å². The standard InChI is InChI=1S/C13H23N3O2/c1-4-13(5-2,17-3)12-15-11(18-16-12)8-10-6-7-14-9-10/h10,14H,4-9H2,1-3H3. The molecule has 1 aliphatic heterocycles. The van der Waals surface area contributed by atoms with Gasteiger partial charge < -0.3 is 14.6 Å². The molecule has 1 aliphatic rings. The third-order valence-corrected chi connectivity index (χ3v) is 4.03. The molecular formula is C13H23N3O2. The second kappa shape index (κ2) is 5.80. The van der Waals surface area contributed by atoms with Gasteiger partial charge in [0.25, 0.3) is 0 Å². The molecule has 1 aromatic heterocycles. The van der Waals surface area contributed by atoms with Gasteiger partial charge in [-0.1, -0.05) is 19.0 Å². The fourth-order valence-corrected chi connectivity index (χ4v) is 2.60. The fraction of sp³-hybridized carbons (Fsp3) is 0.846. The van der Waals surface area contributed by atoms with Crippen LogP contribution in [0.4, 0.5) is 0 Å². The minimum absolute atomic E-state index is 0.393. The van der Waals surface area contributed by atoms with Gasteiger partial charge in [0, 0.05) is 13.5 Å². The average molecular weight is 253 g/mol. The molecule has 0 saturated carbocycles. The Bertz CT molecular complexity index is 360. The summed E-state index contributed by atoms with van der Waals surface area (Å²) in [7, 11) is 1.71. The minimum Gasteiger partial charge on any atom is -0.370 e. The molecule has 1 saturated heterocycles. The lowest BCUT2D eigenvalue weighted by Gasteiger charge is -2.25. The van der Waals surface area contributed by atoms with Crippen LogP contribution in [0.25, 0.3) is 0 Å². The monoisotopic (exact) mass is 253 g/mol. The number of hydrogen-bond donors (Lipinski definition) is 1. The Hall–Kier alpha value is -0.940. The number of hydrogen-bond acceptors (Lipinski definition) is 5. The third-order valence-electron chi connectivity index (χ3n) is 4.03. The number of rotatable bonds is 6. The van der Waals surface area contributed by atoms with Crippen molar-refractivity contribution in [1.82, 2.24) is 15.5 Å². The molecular weight excluding hydrogens is 230 g/mol. The van der Waals surface area contributed by atoms with Crippen molar-refractivity contribution in [2.45, 2.75) is 45.1 Å². The summed E-state index contributed by atoms with van der Waals surface area (Å²) < 4.78 is 11.0. The van der Waals surface area contributed by atoms with E-state index in [2.05, 4.69) is 29.3 Å². The molecule has 1 N–H and O–H groups in total. The maximum atomic E-state index is 5.61. The van der Waals surface area contributed by atoms with Crippen molar-refractivity contribution < 1.29 is 9.26 Å². The van der Waals surface area contributed by atoms with E-state index in [1.807, 2.05) is 0 Å². The molecule has 0 amide bonds. The van der Waals surface area contributed by atoms with E-state index in [-0.39, 0.29) is 0 Å². The number of aromatic nitrogens is 2. The predicted octanol–water partition coefficient (Wildman–Crippen LogP) is 1.88. The summed E-state index contributed by atoms with van der Waals surface area (Å²) in [6, 6.07) is 0. The molecule has 18 heavy (non-hydrogen) atoms. The summed E-state index contributed by atoms with van der Waals surface area (Å²) in [5.74, 6) is 2.05. The first-order chi connectivity index (χ1) is 8.74. The zero-order chi connectivity index (χ0) is 13.0. The van der Waals surface area contributed by atoms with Gasteiger partial charge in [-0.25, -0.2) is 0 Å². The molecule has 0 radical (unpaired) electrons. The number of methoxy groups -OCH3 is 1. The fourth-order valence-electron chi connectivity index (χ4n) is 2.60. The molecule has 2 heterocycles. The van der Waals surface area contributed by atoms with Gasteiger partial charge in [0.1, 0.15) is 5.60 Å². The lowest BCUT2D eigenvalue weighted by molar-refractivity contribution is -0.0306. The van der Waals surface area contributed by atoms with Gasteiger partial charge in [-0.3, -0.25) is 0 Å². The zero-order valence-corrected chi connectivity index (χ0v) is 11.5. The molecule has 1 fully saturated rings. The van der Waals surface area contributed by atoms with Crippen LogP contribution in [0.2, 0.25) is 0 Å². The van der Waals surface area contributed by atoms with E-state index in [9.17, 15) is 0 Å². The van der Waals surface area contributed by atoms with Gasteiger partial charge in [-0.05, 0) is 38.3 Å². The van der Waals surface area contributed by atoms with E-state index < -0.39 is 5.60 Å². The first kappa shape index (κ1) is 13.5. The van der Waals surface area contributed by atoms with Gasteiger partial charge in [0.2, 0.25) is 11.7 Å². The number of nitrogens with zero attached hydrogens (tertiary/aromatic N) is 2. The van der Waals surface area contributed by atoms with Crippen molar-refractivity contribution in [3.8, 4) is 0 Å². The Morgan fingerprint density at radius 1 is 1.44 bits per heavy atom. The summed E-state index contributed by atoms with van der Waals surface area (Å²) >= 11 is 0. The third kappa shape index (κ3) is 2.57. The highest BCUT2D eigenvalue weighted by molar-refractivity contribution is 5.01. The van der Waals surface area contributed by atoms with E-state index in [0.717, 1.165) is 38.2 Å². The van der Waals surface area contributed by atoms with Crippen molar-refractivity contribution in [3.63, 3.8) is 0 Å². The van der Waals surface area contributed by atoms with Crippen LogP contribution in [0.5, 0.6) is 0 Å². The summed E-state index contributed by atoms with van der Waals surface area (Å²) in [6.45, 7) is 6.32. The molecule has 1 unspecified atom stereocenters. The van der Waals surface area contributed by atoms with E-state index in [1.165, 1.54) is 6.42 Å². The van der Waals surface area contributed by atoms with Gasteiger partial charge in [-0.15, -0.1) is 0 Å². The van der Waals surface area contributed by atoms with E-state index in [4.69, 9.17) is 9.26 Å². The summed E-state index contributed by atoms with van der Waals surface area (Å²) in [5.41, 5.74) is -0.393. The van der Waals surface area contributed by atoms with Crippen molar-refractivity contribution >= 4 is 0 Å². The molecule has 5 heteroatoms. The molecule has 0 aromatic carbocycles. The van der Waals surface area contributed by atoms with Gasteiger partial charge in [0.05, 0.1) is 0 Å². The Morgan fingerprint density at radius 3 is 2.78 bits per heavy atom. The van der Waals surface area contributed by atoms with E-state index in [1.54, 1.807) is 7.11 Å². The summed E-state index contributed by atoms with van der Waals surface area (Å²) in [4.78, 5) is 4.53. The highest BCUT2D eigenvalue weighted by Crippen LogP contribution is 2.30. The Kier molecular flexibility index (Phi) is 4.35. The Morgan fingerprint density at radius 2 is 2.22 bits per heavy atom. The van der Waals surface area contributed by atoms with Crippen molar-refractivity contribution in [1.29, 1.82) is 0 Å². The smallest absolute Gasteiger partial charge is 0.227 e. The first-order valence-electron chi connectivity index (χ1n) is 6.83. The van der Waals surface area contributed by atoms with Crippen LogP contribution in [0.15, 0.2) is 4.52 Å². The zero-order valence-electron chi connectivity index (χ0n) is 11.5. The van der Waals surface area contributed by atoms with Gasteiger partial charge in [-0.2, -0.15) is 4.98 Å². The normalized spacial score (nSPS) is 20.5. The van der Waals surface area contributed by atoms with Gasteiger partial charge >= 0.3 is 0 Å². The number of ether oxygens (including phenoxy) is 1. The molecule has 0 spiro atoms. The maximum Gasteiger partial charge on any atom is 0.227 e. The second-order valence-corrected chi connectivity index (χ2v) is 4.98. The minimum atomic E-state index is -0.393. The van der Waals surface area contributed by atoms with Crippen molar-refractivity contribution in [2.75, 3.05) is 20.2 Å². The second-order valence-electron chi connectivity index (χ2n) is 4.98. The molecule has 1 aromatic rings. The van der Waals surface area contributed by atoms with Crippen LogP contribution in [0.1, 0.15) is 44.8 Å². The topological polar surface area (TPSA) is 60.2 Å². The van der Waals surface area contributed by atoms with Gasteiger partial charge in [0.15, 0.2) is 0 Å². The Balaban J connectivity index is 2.08. The maximum absolute atomic E-state index is 5.61. The van der Waals surface area contributed by atoms with Crippen LogP contribution in [-0.4, -0.2) is 30.3 Å². The SMILES string of the molecule is CCC(CC)(OC)c1noc(CC2CCNC2)n1. The van der Waals surface area contributed by atoms with E-state index in [0.29, 0.717) is 11.7 Å². The molecule has 5 nitrogen and oxygen atoms in total. The lowest BCUT2D eigenvalue weighted by atomic mass is 9.96. The molecule has 2 rings (SSSR count). The molecule has 0 bridgehead atoms. The quantitative estimate of drug-likeness (QED) is 0.839. The molecule has 1 atom stereocenters. The largest absolute Gasteiger partial charge is 0.370 e. The lowest BCUT2D eigenvalue weighted by Crippen LogP contribution is -2.28. The van der Waals surface area contributed by atoms with Crippen molar-refractivity contribution in [3.05, 3.63) is 11.7 Å². The molecule has 102 valence electrons. The van der Waals surface area contributed by atoms with Crippen LogP contribution < -0.4 is 5.32 Å². The van der Waals surface area contributed by atoms with Crippen LogP contribution in [0, 0.1) is 5.92 Å².